The highest BCUT2D eigenvalue weighted by Gasteiger charge is 2.35. The van der Waals surface area contributed by atoms with E-state index < -0.39 is 11.7 Å². The van der Waals surface area contributed by atoms with E-state index in [4.69, 9.17) is 4.74 Å². The molecule has 0 aliphatic carbocycles. The van der Waals surface area contributed by atoms with Crippen LogP contribution in [0.15, 0.2) is 54.7 Å². The molecule has 0 unspecified atom stereocenters. The van der Waals surface area contributed by atoms with Gasteiger partial charge in [0.25, 0.3) is 0 Å². The quantitative estimate of drug-likeness (QED) is 0.373. The van der Waals surface area contributed by atoms with Crippen LogP contribution in [0.4, 0.5) is 36.3 Å². The third kappa shape index (κ3) is 6.60. The van der Waals surface area contributed by atoms with Gasteiger partial charge in [-0.1, -0.05) is 39.3 Å². The number of hydrogen-bond acceptors (Lipinski definition) is 5. The van der Waals surface area contributed by atoms with Gasteiger partial charge in [-0.2, -0.15) is 18.2 Å². The summed E-state index contributed by atoms with van der Waals surface area (Å²) in [5.74, 6) is 0.767. The summed E-state index contributed by atoms with van der Waals surface area (Å²) in [7, 11) is 0. The molecule has 3 aromatic rings. The molecule has 0 aliphatic heterocycles. The summed E-state index contributed by atoms with van der Waals surface area (Å²) < 4.78 is 46.1. The minimum Gasteiger partial charge on any atom is -0.493 e. The Morgan fingerprint density at radius 3 is 2.16 bits per heavy atom. The fourth-order valence-corrected chi connectivity index (χ4v) is 2.95. The maximum absolute atomic E-state index is 13.5. The van der Waals surface area contributed by atoms with E-state index in [0.29, 0.717) is 29.6 Å². The van der Waals surface area contributed by atoms with Crippen LogP contribution in [-0.4, -0.2) is 16.6 Å². The number of rotatable bonds is 9. The standard InChI is InChI=1S/C24H27F3N4O/c1-4-5-17-6-8-19(9-7-17)30-23-28-14-21(24(25,26)27)22(31-23)29-18-10-12-20(13-11-18)32-15-16(2)3/h6-14,16H,4-5,15H2,1-3H3,(H2,28,29,30,31). The number of nitrogens with zero attached hydrogens (tertiary/aromatic N) is 2. The van der Waals surface area contributed by atoms with E-state index in [1.165, 1.54) is 5.56 Å². The van der Waals surface area contributed by atoms with Gasteiger partial charge in [-0.05, 0) is 54.3 Å². The normalized spacial score (nSPS) is 11.5. The first-order valence-corrected chi connectivity index (χ1v) is 10.5. The minimum absolute atomic E-state index is 0.0700. The van der Waals surface area contributed by atoms with Gasteiger partial charge in [0.2, 0.25) is 5.95 Å². The van der Waals surface area contributed by atoms with Gasteiger partial charge in [0, 0.05) is 17.6 Å². The maximum Gasteiger partial charge on any atom is 0.421 e. The number of alkyl halides is 3. The SMILES string of the molecule is CCCc1ccc(Nc2ncc(C(F)(F)F)c(Nc3ccc(OCC(C)C)cc3)n2)cc1. The fraction of sp³-hybridized carbons (Fsp3) is 0.333. The van der Waals surface area contributed by atoms with Crippen LogP contribution < -0.4 is 15.4 Å². The number of hydrogen-bond donors (Lipinski definition) is 2. The van der Waals surface area contributed by atoms with E-state index >= 15 is 0 Å². The van der Waals surface area contributed by atoms with Crippen LogP contribution >= 0.6 is 0 Å². The number of nitrogens with one attached hydrogen (secondary N) is 2. The molecule has 0 saturated heterocycles. The van der Waals surface area contributed by atoms with Gasteiger partial charge in [0.1, 0.15) is 17.1 Å². The topological polar surface area (TPSA) is 59.1 Å². The smallest absolute Gasteiger partial charge is 0.421 e. The molecule has 0 bridgehead atoms. The van der Waals surface area contributed by atoms with E-state index in [1.807, 2.05) is 38.1 Å². The molecule has 1 aromatic heterocycles. The summed E-state index contributed by atoms with van der Waals surface area (Å²) in [5, 5.41) is 5.72. The first-order valence-electron chi connectivity index (χ1n) is 10.5. The highest BCUT2D eigenvalue weighted by molar-refractivity contribution is 5.63. The van der Waals surface area contributed by atoms with Crippen LogP contribution in [0.3, 0.4) is 0 Å². The number of benzene rings is 2. The van der Waals surface area contributed by atoms with Gasteiger partial charge < -0.3 is 15.4 Å². The zero-order valence-electron chi connectivity index (χ0n) is 18.3. The molecule has 0 amide bonds. The van der Waals surface area contributed by atoms with Crippen molar-refractivity contribution in [2.75, 3.05) is 17.2 Å². The summed E-state index contributed by atoms with van der Waals surface area (Å²) in [6, 6.07) is 14.4. The van der Waals surface area contributed by atoms with Crippen LogP contribution in [0, 0.1) is 5.92 Å². The molecular formula is C24H27F3N4O. The first-order chi connectivity index (χ1) is 15.2. The van der Waals surface area contributed by atoms with Crippen molar-refractivity contribution in [3.63, 3.8) is 0 Å². The molecule has 170 valence electrons. The molecule has 0 atom stereocenters. The Labute approximate surface area is 186 Å². The Hall–Kier alpha value is -3.29. The van der Waals surface area contributed by atoms with Crippen molar-refractivity contribution in [2.24, 2.45) is 5.92 Å². The maximum atomic E-state index is 13.5. The summed E-state index contributed by atoms with van der Waals surface area (Å²) in [6.07, 6.45) is -1.81. The molecule has 1 heterocycles. The lowest BCUT2D eigenvalue weighted by Crippen LogP contribution is -2.12. The molecule has 0 radical (unpaired) electrons. The van der Waals surface area contributed by atoms with Gasteiger partial charge in [0.15, 0.2) is 0 Å². The van der Waals surface area contributed by atoms with Crippen LogP contribution in [0.1, 0.15) is 38.3 Å². The second-order valence-electron chi connectivity index (χ2n) is 7.88. The third-order valence-corrected chi connectivity index (χ3v) is 4.54. The first kappa shape index (κ1) is 23.4. The molecule has 0 fully saturated rings. The lowest BCUT2D eigenvalue weighted by Gasteiger charge is -2.15. The molecule has 32 heavy (non-hydrogen) atoms. The molecule has 0 spiro atoms. The summed E-state index contributed by atoms with van der Waals surface area (Å²) in [4.78, 5) is 7.94. The summed E-state index contributed by atoms with van der Waals surface area (Å²) in [6.45, 7) is 6.73. The van der Waals surface area contributed by atoms with Crippen molar-refractivity contribution in [2.45, 2.75) is 39.8 Å². The minimum atomic E-state index is -4.59. The second-order valence-corrected chi connectivity index (χ2v) is 7.88. The van der Waals surface area contributed by atoms with E-state index in [0.717, 1.165) is 19.0 Å². The number of ether oxygens (including phenoxy) is 1. The predicted octanol–water partition coefficient (Wildman–Crippen LogP) is 6.97. The lowest BCUT2D eigenvalue weighted by atomic mass is 10.1. The Balaban J connectivity index is 1.80. The average molecular weight is 445 g/mol. The molecule has 5 nitrogen and oxygen atoms in total. The highest BCUT2D eigenvalue weighted by Crippen LogP contribution is 2.35. The number of aromatic nitrogens is 2. The monoisotopic (exact) mass is 444 g/mol. The molecule has 8 heteroatoms. The zero-order chi connectivity index (χ0) is 23.1. The molecule has 0 saturated carbocycles. The number of aryl methyl sites for hydroxylation is 1. The van der Waals surface area contributed by atoms with Crippen LogP contribution in [0.5, 0.6) is 5.75 Å². The highest BCUT2D eigenvalue weighted by atomic mass is 19.4. The Kier molecular flexibility index (Phi) is 7.56. The molecule has 0 aliphatic rings. The van der Waals surface area contributed by atoms with Crippen LogP contribution in [0.25, 0.3) is 0 Å². The van der Waals surface area contributed by atoms with Crippen molar-refractivity contribution in [1.82, 2.24) is 9.97 Å². The zero-order valence-corrected chi connectivity index (χ0v) is 18.3. The van der Waals surface area contributed by atoms with Crippen molar-refractivity contribution in [1.29, 1.82) is 0 Å². The Morgan fingerprint density at radius 2 is 1.56 bits per heavy atom. The van der Waals surface area contributed by atoms with Gasteiger partial charge in [-0.15, -0.1) is 0 Å². The lowest BCUT2D eigenvalue weighted by molar-refractivity contribution is -0.137. The van der Waals surface area contributed by atoms with Gasteiger partial charge in [-0.25, -0.2) is 4.98 Å². The molecule has 2 aromatic carbocycles. The van der Waals surface area contributed by atoms with Crippen molar-refractivity contribution < 1.29 is 17.9 Å². The number of anilines is 4. The largest absolute Gasteiger partial charge is 0.493 e. The van der Waals surface area contributed by atoms with E-state index in [-0.39, 0.29) is 11.8 Å². The van der Waals surface area contributed by atoms with E-state index in [1.54, 1.807) is 24.3 Å². The van der Waals surface area contributed by atoms with Crippen molar-refractivity contribution in [3.8, 4) is 5.75 Å². The fourth-order valence-electron chi connectivity index (χ4n) is 2.95. The van der Waals surface area contributed by atoms with Gasteiger partial charge in [0.05, 0.1) is 6.61 Å². The average Bonchev–Trinajstić information content (AvgIpc) is 2.74. The summed E-state index contributed by atoms with van der Waals surface area (Å²) >= 11 is 0. The Bertz CT molecular complexity index is 1000. The van der Waals surface area contributed by atoms with Crippen LogP contribution in [-0.2, 0) is 12.6 Å². The van der Waals surface area contributed by atoms with Gasteiger partial charge >= 0.3 is 6.18 Å². The third-order valence-electron chi connectivity index (χ3n) is 4.54. The molecule has 2 N–H and O–H groups in total. The predicted molar refractivity (Wildman–Crippen MR) is 121 cm³/mol. The Morgan fingerprint density at radius 1 is 0.938 bits per heavy atom. The molecule has 3 rings (SSSR count). The van der Waals surface area contributed by atoms with Crippen molar-refractivity contribution >= 4 is 23.1 Å². The van der Waals surface area contributed by atoms with Crippen LogP contribution in [0.2, 0.25) is 0 Å². The molecular weight excluding hydrogens is 417 g/mol. The van der Waals surface area contributed by atoms with Gasteiger partial charge in [-0.3, -0.25) is 0 Å². The second kappa shape index (κ2) is 10.3. The van der Waals surface area contributed by atoms with E-state index in [9.17, 15) is 13.2 Å². The van der Waals surface area contributed by atoms with Crippen molar-refractivity contribution in [3.05, 3.63) is 65.9 Å². The number of halogens is 3. The summed E-state index contributed by atoms with van der Waals surface area (Å²) in [5.41, 5.74) is 1.40. The van der Waals surface area contributed by atoms with E-state index in [2.05, 4.69) is 27.5 Å².